The third-order valence-corrected chi connectivity index (χ3v) is 8.38. The Kier molecular flexibility index (Phi) is 10.2. The molecule has 222 valence electrons. The maximum absolute atomic E-state index is 12.5. The van der Waals surface area contributed by atoms with Crippen LogP contribution in [-0.2, 0) is 11.3 Å². The number of carbonyl (C=O) groups is 3. The number of carbonyl (C=O) groups excluding carboxylic acids is 2. The van der Waals surface area contributed by atoms with Crippen molar-refractivity contribution >= 4 is 40.2 Å². The predicted octanol–water partition coefficient (Wildman–Crippen LogP) is 4.38. The molecule has 0 bridgehead atoms. The van der Waals surface area contributed by atoms with Crippen molar-refractivity contribution in [3.05, 3.63) is 52.4 Å². The number of fused-ring (bicyclic) bond motifs is 1. The van der Waals surface area contributed by atoms with Crippen LogP contribution in [0.15, 0.2) is 30.6 Å². The van der Waals surface area contributed by atoms with E-state index in [1.54, 1.807) is 29.0 Å². The number of ketones is 1. The number of hydrogen-bond acceptors (Lipinski definition) is 6. The molecule has 0 atom stereocenters. The van der Waals surface area contributed by atoms with Crippen molar-refractivity contribution in [2.24, 2.45) is 5.73 Å². The lowest BCUT2D eigenvalue weighted by Gasteiger charge is -2.32. The topological polar surface area (TPSA) is 127 Å². The maximum Gasteiger partial charge on any atom is 0.337 e. The van der Waals surface area contributed by atoms with E-state index in [0.717, 1.165) is 56.5 Å². The molecule has 1 saturated carbocycles. The molecule has 2 fully saturated rings. The van der Waals surface area contributed by atoms with E-state index in [1.165, 1.54) is 6.20 Å². The molecule has 3 aromatic rings. The highest BCUT2D eigenvalue weighted by atomic mass is 35.5. The summed E-state index contributed by atoms with van der Waals surface area (Å²) in [5, 5.41) is 14.8. The molecule has 0 unspecified atom stereocenters. The first-order valence-corrected chi connectivity index (χ1v) is 14.8. The monoisotopic (exact) mass is 584 g/mol. The van der Waals surface area contributed by atoms with Crippen LogP contribution in [0.2, 0.25) is 5.02 Å². The van der Waals surface area contributed by atoms with Gasteiger partial charge in [0.25, 0.3) is 0 Å². The number of amides is 1. The summed E-state index contributed by atoms with van der Waals surface area (Å²) in [6, 6.07) is 5.84. The van der Waals surface area contributed by atoms with Crippen LogP contribution in [-0.4, -0.2) is 86.2 Å². The SMILES string of the molecule is CCCC(=O)c1cnn(C2CCC(N)CC2)c1C.CN1CCN(C(=O)Cn2cc(C(=O)O)c3cc(Cl)ccc32)CC1. The molecule has 0 radical (unpaired) electrons. The number of rotatable bonds is 7. The Hall–Kier alpha value is -3.21. The van der Waals surface area contributed by atoms with E-state index in [2.05, 4.69) is 10.00 Å². The van der Waals surface area contributed by atoms with Gasteiger partial charge >= 0.3 is 5.97 Å². The van der Waals surface area contributed by atoms with Gasteiger partial charge < -0.3 is 25.2 Å². The zero-order chi connectivity index (χ0) is 29.7. The highest BCUT2D eigenvalue weighted by molar-refractivity contribution is 6.31. The van der Waals surface area contributed by atoms with Gasteiger partial charge in [-0.1, -0.05) is 18.5 Å². The second-order valence-electron chi connectivity index (χ2n) is 11.2. The van der Waals surface area contributed by atoms with Crippen LogP contribution < -0.4 is 5.73 Å². The van der Waals surface area contributed by atoms with Gasteiger partial charge in [0.15, 0.2) is 5.78 Å². The zero-order valence-corrected chi connectivity index (χ0v) is 24.9. The Morgan fingerprint density at radius 3 is 2.39 bits per heavy atom. The predicted molar refractivity (Wildman–Crippen MR) is 160 cm³/mol. The normalized spacial score (nSPS) is 19.6. The fraction of sp³-hybridized carbons (Fsp3) is 0.533. The third kappa shape index (κ3) is 7.36. The summed E-state index contributed by atoms with van der Waals surface area (Å²) in [5.41, 5.74) is 8.61. The molecular weight excluding hydrogens is 544 g/mol. The van der Waals surface area contributed by atoms with E-state index in [4.69, 9.17) is 17.3 Å². The van der Waals surface area contributed by atoms with E-state index in [-0.39, 0.29) is 23.8 Å². The van der Waals surface area contributed by atoms with Gasteiger partial charge in [0.1, 0.15) is 6.54 Å². The van der Waals surface area contributed by atoms with E-state index >= 15 is 0 Å². The number of nitrogens with two attached hydrogens (primary N) is 1. The Morgan fingerprint density at radius 2 is 1.76 bits per heavy atom. The molecule has 41 heavy (non-hydrogen) atoms. The lowest BCUT2D eigenvalue weighted by atomic mass is 9.92. The summed E-state index contributed by atoms with van der Waals surface area (Å²) >= 11 is 5.96. The zero-order valence-electron chi connectivity index (χ0n) is 24.2. The molecule has 10 nitrogen and oxygen atoms in total. The Balaban J connectivity index is 0.000000195. The van der Waals surface area contributed by atoms with Crippen LogP contribution in [0.4, 0.5) is 0 Å². The van der Waals surface area contributed by atoms with Crippen LogP contribution >= 0.6 is 11.6 Å². The van der Waals surface area contributed by atoms with Crippen LogP contribution in [0, 0.1) is 6.92 Å². The molecule has 1 saturated heterocycles. The largest absolute Gasteiger partial charge is 0.478 e. The fourth-order valence-corrected chi connectivity index (χ4v) is 5.82. The molecule has 11 heteroatoms. The summed E-state index contributed by atoms with van der Waals surface area (Å²) in [4.78, 5) is 39.8. The summed E-state index contributed by atoms with van der Waals surface area (Å²) in [6.45, 7) is 7.28. The number of carboxylic acids is 1. The smallest absolute Gasteiger partial charge is 0.337 e. The van der Waals surface area contributed by atoms with E-state index in [9.17, 15) is 19.5 Å². The van der Waals surface area contributed by atoms with Crippen LogP contribution in [0.25, 0.3) is 10.9 Å². The summed E-state index contributed by atoms with van der Waals surface area (Å²) in [6.07, 6.45) is 9.02. The number of piperazine rings is 1. The van der Waals surface area contributed by atoms with Gasteiger partial charge in [0, 0.05) is 66.5 Å². The molecule has 2 aromatic heterocycles. The summed E-state index contributed by atoms with van der Waals surface area (Å²) in [7, 11) is 2.03. The molecule has 5 rings (SSSR count). The van der Waals surface area contributed by atoms with Crippen LogP contribution in [0.1, 0.15) is 77.9 Å². The fourth-order valence-electron chi connectivity index (χ4n) is 5.65. The number of benzene rings is 1. The quantitative estimate of drug-likeness (QED) is 0.394. The average Bonchev–Trinajstić information content (AvgIpc) is 3.50. The number of hydrogen-bond donors (Lipinski definition) is 2. The second-order valence-corrected chi connectivity index (χ2v) is 11.6. The van der Waals surface area contributed by atoms with Gasteiger partial charge in [0.05, 0.1) is 23.4 Å². The maximum atomic E-state index is 12.5. The van der Waals surface area contributed by atoms with Gasteiger partial charge in [-0.25, -0.2) is 4.79 Å². The van der Waals surface area contributed by atoms with Crippen LogP contribution in [0.3, 0.4) is 0 Å². The molecule has 3 heterocycles. The van der Waals surface area contributed by atoms with Crippen molar-refractivity contribution < 1.29 is 19.5 Å². The van der Waals surface area contributed by atoms with Gasteiger partial charge in [0.2, 0.25) is 5.91 Å². The average molecular weight is 585 g/mol. The molecule has 1 aliphatic carbocycles. The number of nitrogens with zero attached hydrogens (tertiary/aromatic N) is 5. The lowest BCUT2D eigenvalue weighted by Crippen LogP contribution is -2.48. The molecule has 1 aliphatic heterocycles. The molecule has 1 amide bonds. The Labute approximate surface area is 246 Å². The van der Waals surface area contributed by atoms with E-state index in [1.807, 2.05) is 30.5 Å². The van der Waals surface area contributed by atoms with Crippen molar-refractivity contribution in [3.63, 3.8) is 0 Å². The lowest BCUT2D eigenvalue weighted by molar-refractivity contribution is -0.133. The Morgan fingerprint density at radius 1 is 1.07 bits per heavy atom. The first kappa shape index (κ1) is 30.7. The number of aromatic carboxylic acids is 1. The van der Waals surface area contributed by atoms with Crippen molar-refractivity contribution in [3.8, 4) is 0 Å². The minimum Gasteiger partial charge on any atom is -0.478 e. The first-order valence-electron chi connectivity index (χ1n) is 14.4. The van der Waals surface area contributed by atoms with Crippen molar-refractivity contribution in [2.75, 3.05) is 33.2 Å². The molecule has 3 N–H and O–H groups in total. The van der Waals surface area contributed by atoms with Crippen LogP contribution in [0.5, 0.6) is 0 Å². The summed E-state index contributed by atoms with van der Waals surface area (Å²) < 4.78 is 3.73. The van der Waals surface area contributed by atoms with Gasteiger partial charge in [-0.2, -0.15) is 5.10 Å². The Bertz CT molecular complexity index is 1380. The van der Waals surface area contributed by atoms with Gasteiger partial charge in [-0.15, -0.1) is 0 Å². The standard InChI is InChI=1S/C16H18ClN3O3.C14H23N3O/c1-18-4-6-19(7-5-18)15(21)10-20-9-13(16(22)23)12-8-11(17)2-3-14(12)20;1-3-4-14(18)13-9-16-17(10(13)2)12-7-5-11(15)6-8-12/h2-3,8-9H,4-7,10H2,1H3,(H,22,23);9,11-12H,3-8,15H2,1-2H3. The van der Waals surface area contributed by atoms with E-state index < -0.39 is 5.97 Å². The van der Waals surface area contributed by atoms with Gasteiger partial charge in [-0.05, 0) is 64.3 Å². The number of likely N-dealkylation sites (N-methyl/N-ethyl adjacent to an activating group) is 1. The number of Topliss-reactive ketones (excluding diaryl/α,β-unsaturated/α-hetero) is 1. The molecular formula is C30H41ClN6O4. The molecule has 1 aromatic carbocycles. The second kappa shape index (κ2) is 13.6. The van der Waals surface area contributed by atoms with Crippen molar-refractivity contribution in [1.82, 2.24) is 24.1 Å². The highest BCUT2D eigenvalue weighted by Gasteiger charge is 2.24. The van der Waals surface area contributed by atoms with Crippen molar-refractivity contribution in [2.45, 2.75) is 71.0 Å². The number of carboxylic acid groups (broad SMARTS) is 1. The number of halogens is 1. The molecule has 0 spiro atoms. The minimum absolute atomic E-state index is 0.00175. The third-order valence-electron chi connectivity index (χ3n) is 8.14. The van der Waals surface area contributed by atoms with Gasteiger partial charge in [-0.3, -0.25) is 14.3 Å². The minimum atomic E-state index is -1.02. The van der Waals surface area contributed by atoms with Crippen molar-refractivity contribution in [1.29, 1.82) is 0 Å². The molecule has 2 aliphatic rings. The summed E-state index contributed by atoms with van der Waals surface area (Å²) in [5.74, 6) is -0.807. The van der Waals surface area contributed by atoms with E-state index in [0.29, 0.717) is 47.5 Å². The highest BCUT2D eigenvalue weighted by Crippen LogP contribution is 2.29. The first-order chi connectivity index (χ1) is 19.6. The number of aromatic nitrogens is 3.